The van der Waals surface area contributed by atoms with Crippen molar-refractivity contribution >= 4 is 35.0 Å². The van der Waals surface area contributed by atoms with Gasteiger partial charge in [-0.15, -0.1) is 0 Å². The zero-order chi connectivity index (χ0) is 29.5. The van der Waals surface area contributed by atoms with E-state index in [1.165, 1.54) is 35.2 Å². The summed E-state index contributed by atoms with van der Waals surface area (Å²) >= 11 is 0. The van der Waals surface area contributed by atoms with Crippen LogP contribution in [0.3, 0.4) is 0 Å². The van der Waals surface area contributed by atoms with Crippen molar-refractivity contribution in [1.82, 2.24) is 9.80 Å². The summed E-state index contributed by atoms with van der Waals surface area (Å²) in [6.07, 6.45) is -0.514. The Morgan fingerprint density at radius 2 is 1.66 bits per heavy atom. The number of carbonyl (C=O) groups excluding carboxylic acids is 3. The van der Waals surface area contributed by atoms with E-state index in [0.717, 1.165) is 0 Å². The number of nitrogens with zero attached hydrogens (tertiary/aromatic N) is 2. The lowest BCUT2D eigenvalue weighted by Gasteiger charge is -2.38. The van der Waals surface area contributed by atoms with Crippen molar-refractivity contribution in [2.24, 2.45) is 5.92 Å². The number of rotatable bonds is 7. The minimum atomic E-state index is -0.514. The maximum absolute atomic E-state index is 13.6. The number of urea groups is 2. The van der Waals surface area contributed by atoms with Gasteiger partial charge in [0.2, 0.25) is 0 Å². The summed E-state index contributed by atoms with van der Waals surface area (Å²) in [5.41, 5.74) is 1.66. The van der Waals surface area contributed by atoms with E-state index in [1.54, 1.807) is 55.3 Å². The molecular weight excluding hydrogens is 529 g/mol. The number of aliphatic hydroxyl groups excluding tert-OH is 1. The van der Waals surface area contributed by atoms with Crippen molar-refractivity contribution in [3.63, 3.8) is 0 Å². The maximum Gasteiger partial charge on any atom is 0.323 e. The summed E-state index contributed by atoms with van der Waals surface area (Å²) in [5.74, 6) is -0.667. The number of aliphatic hydroxyl groups is 1. The van der Waals surface area contributed by atoms with Crippen LogP contribution < -0.4 is 20.7 Å². The van der Waals surface area contributed by atoms with E-state index in [9.17, 15) is 23.9 Å². The van der Waals surface area contributed by atoms with Crippen molar-refractivity contribution in [3.05, 3.63) is 84.2 Å². The molecule has 1 aliphatic heterocycles. The molecule has 11 heteroatoms. The molecule has 0 unspecified atom stereocenters. The number of nitrogens with one attached hydrogen (secondary N) is 3. The molecule has 4 rings (SSSR count). The third kappa shape index (κ3) is 7.52. The van der Waals surface area contributed by atoms with Gasteiger partial charge in [-0.25, -0.2) is 14.0 Å². The largest absolute Gasteiger partial charge is 0.487 e. The summed E-state index contributed by atoms with van der Waals surface area (Å²) in [6.45, 7) is 3.87. The zero-order valence-electron chi connectivity index (χ0n) is 23.1. The molecule has 0 radical (unpaired) electrons. The smallest absolute Gasteiger partial charge is 0.323 e. The number of ether oxygens (including phenoxy) is 1. The highest BCUT2D eigenvalue weighted by Crippen LogP contribution is 2.31. The fourth-order valence-electron chi connectivity index (χ4n) is 4.44. The molecule has 4 N–H and O–H groups in total. The van der Waals surface area contributed by atoms with Crippen LogP contribution >= 0.6 is 0 Å². The lowest BCUT2D eigenvalue weighted by Crippen LogP contribution is -2.50. The third-order valence-electron chi connectivity index (χ3n) is 6.85. The number of hydrogen-bond donors (Lipinski definition) is 4. The predicted octanol–water partition coefficient (Wildman–Crippen LogP) is 4.85. The molecule has 10 nitrogen and oxygen atoms in total. The second-order valence-corrected chi connectivity index (χ2v) is 10.1. The number of likely N-dealkylation sites (N-methyl/N-ethyl adjacent to an activating group) is 1. The molecule has 1 heterocycles. The van der Waals surface area contributed by atoms with Crippen LogP contribution in [0.15, 0.2) is 72.8 Å². The highest BCUT2D eigenvalue weighted by atomic mass is 19.1. The van der Waals surface area contributed by atoms with Gasteiger partial charge in [0.15, 0.2) is 0 Å². The van der Waals surface area contributed by atoms with Gasteiger partial charge >= 0.3 is 12.1 Å². The standard InChI is InChI=1S/C30H34FN5O5/c1-19-16-36(20(2)18-37)28(38)25-15-24(33-29(39)32-22-7-5-4-6-8-22)13-14-26(25)41-27(19)17-35(3)30(40)34-23-11-9-21(31)10-12-23/h4-15,19-20,27,37H,16-18H2,1-3H3,(H,34,40)(H2,32,33,39)/t19-,20-,27+/m1/s1. The van der Waals surface area contributed by atoms with Crippen LogP contribution in [0, 0.1) is 11.7 Å². The molecule has 0 saturated heterocycles. The topological polar surface area (TPSA) is 123 Å². The Bertz CT molecular complexity index is 1370. The normalized spacial score (nSPS) is 17.3. The van der Waals surface area contributed by atoms with Crippen molar-refractivity contribution in [2.75, 3.05) is 42.7 Å². The Balaban J connectivity index is 1.54. The quantitative estimate of drug-likeness (QED) is 0.327. The number of para-hydroxylation sites is 1. The van der Waals surface area contributed by atoms with E-state index in [4.69, 9.17) is 4.74 Å². The molecule has 0 spiro atoms. The first-order valence-corrected chi connectivity index (χ1v) is 13.3. The van der Waals surface area contributed by atoms with Crippen molar-refractivity contribution < 1.29 is 28.6 Å². The van der Waals surface area contributed by atoms with Crippen LogP contribution in [-0.4, -0.2) is 71.8 Å². The van der Waals surface area contributed by atoms with Crippen LogP contribution in [0.4, 0.5) is 31.0 Å². The maximum atomic E-state index is 13.6. The van der Waals surface area contributed by atoms with Crippen LogP contribution in [0.2, 0.25) is 0 Å². The van der Waals surface area contributed by atoms with Gasteiger partial charge in [0.1, 0.15) is 17.7 Å². The molecule has 5 amide bonds. The van der Waals surface area contributed by atoms with Crippen molar-refractivity contribution in [2.45, 2.75) is 26.0 Å². The van der Waals surface area contributed by atoms with Crippen molar-refractivity contribution in [3.8, 4) is 5.75 Å². The molecule has 3 aromatic rings. The van der Waals surface area contributed by atoms with Gasteiger partial charge in [0.25, 0.3) is 5.91 Å². The SMILES string of the molecule is C[C@@H]1CN([C@H](C)CO)C(=O)c2cc(NC(=O)Nc3ccccc3)ccc2O[C@H]1CN(C)C(=O)Nc1ccc(F)cc1. The van der Waals surface area contributed by atoms with E-state index in [-0.39, 0.29) is 37.1 Å². The van der Waals surface area contributed by atoms with Gasteiger partial charge in [-0.05, 0) is 61.5 Å². The molecule has 0 fully saturated rings. The van der Waals surface area contributed by atoms with E-state index in [1.807, 2.05) is 13.0 Å². The fourth-order valence-corrected chi connectivity index (χ4v) is 4.44. The molecule has 0 saturated carbocycles. The lowest BCUT2D eigenvalue weighted by atomic mass is 9.99. The fraction of sp³-hybridized carbons (Fsp3) is 0.300. The highest BCUT2D eigenvalue weighted by Gasteiger charge is 2.34. The first-order valence-electron chi connectivity index (χ1n) is 13.3. The number of hydrogen-bond acceptors (Lipinski definition) is 5. The van der Waals surface area contributed by atoms with E-state index >= 15 is 0 Å². The van der Waals surface area contributed by atoms with Crippen LogP contribution in [0.1, 0.15) is 24.2 Å². The average molecular weight is 564 g/mol. The van der Waals surface area contributed by atoms with Crippen LogP contribution in [0.5, 0.6) is 5.75 Å². The Labute approximate surface area is 238 Å². The second-order valence-electron chi connectivity index (χ2n) is 10.1. The monoisotopic (exact) mass is 563 g/mol. The number of benzene rings is 3. The first-order chi connectivity index (χ1) is 19.6. The summed E-state index contributed by atoms with van der Waals surface area (Å²) in [6, 6.07) is 17.8. The average Bonchev–Trinajstić information content (AvgIpc) is 2.96. The van der Waals surface area contributed by atoms with E-state index in [0.29, 0.717) is 22.8 Å². The first kappa shape index (κ1) is 29.3. The van der Waals surface area contributed by atoms with Gasteiger partial charge in [-0.1, -0.05) is 25.1 Å². The van der Waals surface area contributed by atoms with Gasteiger partial charge in [-0.3, -0.25) is 4.79 Å². The lowest BCUT2D eigenvalue weighted by molar-refractivity contribution is 0.0371. The zero-order valence-corrected chi connectivity index (χ0v) is 23.1. The van der Waals surface area contributed by atoms with Crippen LogP contribution in [-0.2, 0) is 0 Å². The molecular formula is C30H34FN5O5. The van der Waals surface area contributed by atoms with E-state index < -0.39 is 30.0 Å². The molecule has 1 aliphatic rings. The summed E-state index contributed by atoms with van der Waals surface area (Å²) < 4.78 is 19.6. The van der Waals surface area contributed by atoms with Gasteiger partial charge < -0.3 is 35.6 Å². The van der Waals surface area contributed by atoms with Crippen molar-refractivity contribution in [1.29, 1.82) is 0 Å². The molecule has 216 valence electrons. The van der Waals surface area contributed by atoms with Gasteiger partial charge in [0.05, 0.1) is 24.8 Å². The Hall–Kier alpha value is -4.64. The molecule has 3 atom stereocenters. The van der Waals surface area contributed by atoms with Crippen LogP contribution in [0.25, 0.3) is 0 Å². The number of anilines is 3. The van der Waals surface area contributed by atoms with E-state index in [2.05, 4.69) is 16.0 Å². The number of halogens is 1. The number of fused-ring (bicyclic) bond motifs is 1. The minimum absolute atomic E-state index is 0.183. The number of carbonyl (C=O) groups is 3. The Morgan fingerprint density at radius 3 is 2.34 bits per heavy atom. The third-order valence-corrected chi connectivity index (χ3v) is 6.85. The predicted molar refractivity (Wildman–Crippen MR) is 155 cm³/mol. The number of amides is 5. The Morgan fingerprint density at radius 1 is 1.02 bits per heavy atom. The minimum Gasteiger partial charge on any atom is -0.487 e. The molecule has 0 bridgehead atoms. The summed E-state index contributed by atoms with van der Waals surface area (Å²) in [4.78, 5) is 42.1. The molecule has 41 heavy (non-hydrogen) atoms. The Kier molecular flexibility index (Phi) is 9.41. The second kappa shape index (κ2) is 13.1. The van der Waals surface area contributed by atoms with Gasteiger partial charge in [0, 0.05) is 36.6 Å². The molecule has 0 aliphatic carbocycles. The molecule has 0 aromatic heterocycles. The molecule has 3 aromatic carbocycles. The summed E-state index contributed by atoms with van der Waals surface area (Å²) in [5, 5.41) is 18.1. The highest BCUT2D eigenvalue weighted by molar-refractivity contribution is 6.02. The summed E-state index contributed by atoms with van der Waals surface area (Å²) in [7, 11) is 1.62. The van der Waals surface area contributed by atoms with Gasteiger partial charge in [-0.2, -0.15) is 0 Å².